The van der Waals surface area contributed by atoms with Gasteiger partial charge in [0.1, 0.15) is 0 Å². The molecule has 0 aliphatic carbocycles. The zero-order chi connectivity index (χ0) is 11.3. The van der Waals surface area contributed by atoms with Crippen LogP contribution in [0.4, 0.5) is 0 Å². The molecule has 0 unspecified atom stereocenters. The first-order valence-electron chi connectivity index (χ1n) is 4.69. The number of hydrogen-bond donors (Lipinski definition) is 1. The molecule has 0 aliphatic heterocycles. The first-order chi connectivity index (χ1) is 7.17. The summed E-state index contributed by atoms with van der Waals surface area (Å²) in [5, 5.41) is 11.3. The van der Waals surface area contributed by atoms with Gasteiger partial charge in [0.05, 0.1) is 19.4 Å². The van der Waals surface area contributed by atoms with E-state index in [1.54, 1.807) is 25.3 Å². The van der Waals surface area contributed by atoms with Gasteiger partial charge in [-0.05, 0) is 32.0 Å². The summed E-state index contributed by atoms with van der Waals surface area (Å²) in [5.74, 6) is 1.31. The van der Waals surface area contributed by atoms with E-state index in [1.165, 1.54) is 6.21 Å². The topological polar surface area (TPSA) is 51.0 Å². The molecule has 0 bridgehead atoms. The molecule has 15 heavy (non-hydrogen) atoms. The van der Waals surface area contributed by atoms with Crippen LogP contribution in [-0.2, 0) is 0 Å². The molecule has 4 heteroatoms. The van der Waals surface area contributed by atoms with Crippen molar-refractivity contribution in [3.05, 3.63) is 23.8 Å². The van der Waals surface area contributed by atoms with E-state index in [2.05, 4.69) is 5.16 Å². The van der Waals surface area contributed by atoms with Crippen molar-refractivity contribution in [2.45, 2.75) is 20.0 Å². The molecule has 1 aromatic rings. The predicted molar refractivity (Wildman–Crippen MR) is 58.1 cm³/mol. The quantitative estimate of drug-likeness (QED) is 0.470. The lowest BCUT2D eigenvalue weighted by Gasteiger charge is -2.13. The minimum Gasteiger partial charge on any atom is -0.493 e. The summed E-state index contributed by atoms with van der Waals surface area (Å²) in [5.41, 5.74) is 0.755. The van der Waals surface area contributed by atoms with Crippen molar-refractivity contribution in [3.8, 4) is 11.5 Å². The lowest BCUT2D eigenvalue weighted by molar-refractivity contribution is 0.230. The molecule has 0 saturated carbocycles. The van der Waals surface area contributed by atoms with Crippen molar-refractivity contribution in [2.24, 2.45) is 5.16 Å². The summed E-state index contributed by atoms with van der Waals surface area (Å²) in [6.45, 7) is 3.89. The van der Waals surface area contributed by atoms with Gasteiger partial charge in [0, 0.05) is 5.56 Å². The van der Waals surface area contributed by atoms with E-state index in [9.17, 15) is 0 Å². The van der Waals surface area contributed by atoms with Crippen LogP contribution in [0.25, 0.3) is 0 Å². The van der Waals surface area contributed by atoms with E-state index in [0.29, 0.717) is 11.5 Å². The van der Waals surface area contributed by atoms with E-state index in [0.717, 1.165) is 5.56 Å². The Morgan fingerprint density at radius 3 is 2.60 bits per heavy atom. The number of rotatable bonds is 4. The fraction of sp³-hybridized carbons (Fsp3) is 0.364. The molecule has 0 heterocycles. The smallest absolute Gasteiger partial charge is 0.161 e. The van der Waals surface area contributed by atoms with E-state index in [-0.39, 0.29) is 6.10 Å². The molecular formula is C11H15NO3. The second-order valence-electron chi connectivity index (χ2n) is 3.32. The number of nitrogens with zero attached hydrogens (tertiary/aromatic N) is 1. The number of ether oxygens (including phenoxy) is 2. The van der Waals surface area contributed by atoms with Crippen LogP contribution >= 0.6 is 0 Å². The van der Waals surface area contributed by atoms with Gasteiger partial charge in [0.2, 0.25) is 0 Å². The maximum Gasteiger partial charge on any atom is 0.161 e. The van der Waals surface area contributed by atoms with Crippen molar-refractivity contribution in [1.82, 2.24) is 0 Å². The molecule has 0 aliphatic rings. The molecule has 4 nitrogen and oxygen atoms in total. The molecule has 0 amide bonds. The average Bonchev–Trinajstić information content (AvgIpc) is 2.20. The second kappa shape index (κ2) is 5.24. The molecule has 0 radical (unpaired) electrons. The van der Waals surface area contributed by atoms with Crippen molar-refractivity contribution < 1.29 is 14.7 Å². The fourth-order valence-corrected chi connectivity index (χ4v) is 1.18. The third kappa shape index (κ3) is 3.16. The van der Waals surface area contributed by atoms with Crippen molar-refractivity contribution in [2.75, 3.05) is 7.11 Å². The summed E-state index contributed by atoms with van der Waals surface area (Å²) in [6, 6.07) is 5.33. The zero-order valence-corrected chi connectivity index (χ0v) is 9.10. The largest absolute Gasteiger partial charge is 0.493 e. The standard InChI is InChI=1S/C11H15NO3/c1-8(2)15-10-5-4-9(7-12-13)6-11(10)14-3/h4-8,13H,1-3H3/b12-7-. The molecule has 0 atom stereocenters. The summed E-state index contributed by atoms with van der Waals surface area (Å²) < 4.78 is 10.7. The molecule has 1 rings (SSSR count). The Hall–Kier alpha value is -1.71. The summed E-state index contributed by atoms with van der Waals surface area (Å²) in [7, 11) is 1.57. The maximum atomic E-state index is 8.40. The Balaban J connectivity index is 2.98. The Morgan fingerprint density at radius 1 is 1.33 bits per heavy atom. The van der Waals surface area contributed by atoms with Gasteiger partial charge in [0.25, 0.3) is 0 Å². The summed E-state index contributed by atoms with van der Waals surface area (Å²) in [4.78, 5) is 0. The molecule has 82 valence electrons. The van der Waals surface area contributed by atoms with Gasteiger partial charge in [-0.25, -0.2) is 0 Å². The van der Waals surface area contributed by atoms with Crippen LogP contribution in [0.15, 0.2) is 23.4 Å². The van der Waals surface area contributed by atoms with Crippen LogP contribution < -0.4 is 9.47 Å². The maximum absolute atomic E-state index is 8.40. The van der Waals surface area contributed by atoms with Gasteiger partial charge in [-0.1, -0.05) is 5.16 Å². The molecule has 0 saturated heterocycles. The molecule has 1 aromatic carbocycles. The molecular weight excluding hydrogens is 194 g/mol. The predicted octanol–water partition coefficient (Wildman–Crippen LogP) is 2.29. The average molecular weight is 209 g/mol. The molecule has 0 spiro atoms. The Kier molecular flexibility index (Phi) is 3.97. The highest BCUT2D eigenvalue weighted by Gasteiger charge is 2.06. The molecule has 1 N–H and O–H groups in total. The lowest BCUT2D eigenvalue weighted by atomic mass is 10.2. The van der Waals surface area contributed by atoms with E-state index in [1.807, 2.05) is 13.8 Å². The van der Waals surface area contributed by atoms with E-state index >= 15 is 0 Å². The van der Waals surface area contributed by atoms with Crippen LogP contribution in [0.5, 0.6) is 11.5 Å². The number of hydrogen-bond acceptors (Lipinski definition) is 4. The second-order valence-corrected chi connectivity index (χ2v) is 3.32. The van der Waals surface area contributed by atoms with Crippen molar-refractivity contribution >= 4 is 6.21 Å². The number of oxime groups is 1. The summed E-state index contributed by atoms with van der Waals surface area (Å²) >= 11 is 0. The SMILES string of the molecule is COc1cc(/C=N\O)ccc1OC(C)C. The van der Waals surface area contributed by atoms with Crippen LogP contribution in [0.3, 0.4) is 0 Å². The van der Waals surface area contributed by atoms with Crippen molar-refractivity contribution in [3.63, 3.8) is 0 Å². The highest BCUT2D eigenvalue weighted by Crippen LogP contribution is 2.28. The Bertz CT molecular complexity index is 348. The molecule has 0 fully saturated rings. The van der Waals surface area contributed by atoms with Gasteiger partial charge in [-0.3, -0.25) is 0 Å². The van der Waals surface area contributed by atoms with Crippen molar-refractivity contribution in [1.29, 1.82) is 0 Å². The Morgan fingerprint density at radius 2 is 2.07 bits per heavy atom. The van der Waals surface area contributed by atoms with Gasteiger partial charge >= 0.3 is 0 Å². The zero-order valence-electron chi connectivity index (χ0n) is 9.10. The number of benzene rings is 1. The fourth-order valence-electron chi connectivity index (χ4n) is 1.18. The van der Waals surface area contributed by atoms with Gasteiger partial charge in [0.15, 0.2) is 11.5 Å². The van der Waals surface area contributed by atoms with E-state index in [4.69, 9.17) is 14.7 Å². The van der Waals surface area contributed by atoms with Crippen LogP contribution in [0, 0.1) is 0 Å². The lowest BCUT2D eigenvalue weighted by Crippen LogP contribution is -2.06. The van der Waals surface area contributed by atoms with E-state index < -0.39 is 0 Å². The first kappa shape index (κ1) is 11.4. The van der Waals surface area contributed by atoms with Crippen LogP contribution in [0.2, 0.25) is 0 Å². The monoisotopic (exact) mass is 209 g/mol. The third-order valence-electron chi connectivity index (χ3n) is 1.76. The third-order valence-corrected chi connectivity index (χ3v) is 1.76. The highest BCUT2D eigenvalue weighted by molar-refractivity contribution is 5.80. The highest BCUT2D eigenvalue weighted by atomic mass is 16.5. The number of methoxy groups -OCH3 is 1. The summed E-state index contributed by atoms with van der Waals surface area (Å²) in [6.07, 6.45) is 1.43. The Labute approximate surface area is 89.1 Å². The van der Waals surface area contributed by atoms with Crippen LogP contribution in [-0.4, -0.2) is 24.6 Å². The van der Waals surface area contributed by atoms with Gasteiger partial charge in [-0.15, -0.1) is 0 Å². The normalized spacial score (nSPS) is 10.9. The molecule has 0 aromatic heterocycles. The first-order valence-corrected chi connectivity index (χ1v) is 4.69. The van der Waals surface area contributed by atoms with Crippen LogP contribution in [0.1, 0.15) is 19.4 Å². The minimum absolute atomic E-state index is 0.0938. The minimum atomic E-state index is 0.0938. The van der Waals surface area contributed by atoms with Gasteiger partial charge in [-0.2, -0.15) is 0 Å². The van der Waals surface area contributed by atoms with Gasteiger partial charge < -0.3 is 14.7 Å².